The zero-order valence-corrected chi connectivity index (χ0v) is 11.8. The highest BCUT2D eigenvalue weighted by molar-refractivity contribution is 5.94. The van der Waals surface area contributed by atoms with E-state index in [9.17, 15) is 4.79 Å². The molecule has 0 spiro atoms. The van der Waals surface area contributed by atoms with Crippen molar-refractivity contribution >= 4 is 5.91 Å². The first kappa shape index (κ1) is 15.3. The average Bonchev–Trinajstić information content (AvgIpc) is 2.44. The van der Waals surface area contributed by atoms with Gasteiger partial charge >= 0.3 is 0 Å². The van der Waals surface area contributed by atoms with Gasteiger partial charge in [-0.3, -0.25) is 4.79 Å². The standard InChI is InChI=1S/C16H22N2O/c1-3-12-18(13-4-2)16(19)15-9-7-14(8-10-15)6-5-11-17/h7-10H,3-4,11-13,17H2,1-2H3. The Hall–Kier alpha value is -1.79. The van der Waals surface area contributed by atoms with Crippen LogP contribution in [0.5, 0.6) is 0 Å². The van der Waals surface area contributed by atoms with Gasteiger partial charge in [-0.05, 0) is 37.1 Å². The maximum Gasteiger partial charge on any atom is 0.253 e. The summed E-state index contributed by atoms with van der Waals surface area (Å²) in [7, 11) is 0. The highest BCUT2D eigenvalue weighted by Gasteiger charge is 2.13. The van der Waals surface area contributed by atoms with Crippen molar-refractivity contribution in [2.24, 2.45) is 5.73 Å². The molecule has 2 N–H and O–H groups in total. The monoisotopic (exact) mass is 258 g/mol. The van der Waals surface area contributed by atoms with E-state index in [1.54, 1.807) is 0 Å². The third-order valence-corrected chi connectivity index (χ3v) is 2.74. The number of carbonyl (C=O) groups is 1. The van der Waals surface area contributed by atoms with Crippen LogP contribution in [-0.2, 0) is 0 Å². The zero-order chi connectivity index (χ0) is 14.1. The van der Waals surface area contributed by atoms with Crippen LogP contribution in [0, 0.1) is 11.8 Å². The summed E-state index contributed by atoms with van der Waals surface area (Å²) in [5, 5.41) is 0. The molecule has 102 valence electrons. The average molecular weight is 258 g/mol. The van der Waals surface area contributed by atoms with Crippen molar-refractivity contribution in [2.45, 2.75) is 26.7 Å². The Kier molecular flexibility index (Phi) is 6.70. The number of nitrogens with zero attached hydrogens (tertiary/aromatic N) is 1. The second-order valence-corrected chi connectivity index (χ2v) is 4.38. The van der Waals surface area contributed by atoms with Gasteiger partial charge in [-0.15, -0.1) is 0 Å². The normalized spacial score (nSPS) is 9.63. The van der Waals surface area contributed by atoms with Crippen molar-refractivity contribution in [1.29, 1.82) is 0 Å². The molecule has 3 heteroatoms. The molecule has 1 aromatic rings. The highest BCUT2D eigenvalue weighted by atomic mass is 16.2. The lowest BCUT2D eigenvalue weighted by Gasteiger charge is -2.21. The third kappa shape index (κ3) is 4.76. The van der Waals surface area contributed by atoms with Crippen LogP contribution in [0.4, 0.5) is 0 Å². The van der Waals surface area contributed by atoms with E-state index in [1.807, 2.05) is 29.2 Å². The molecular weight excluding hydrogens is 236 g/mol. The molecule has 0 radical (unpaired) electrons. The first-order valence-corrected chi connectivity index (χ1v) is 6.81. The fourth-order valence-corrected chi connectivity index (χ4v) is 1.89. The lowest BCUT2D eigenvalue weighted by atomic mass is 10.1. The molecule has 0 aliphatic heterocycles. The summed E-state index contributed by atoms with van der Waals surface area (Å²) in [6, 6.07) is 7.40. The Balaban J connectivity index is 2.80. The maximum atomic E-state index is 12.3. The Morgan fingerprint density at radius 2 is 1.74 bits per heavy atom. The first-order valence-electron chi connectivity index (χ1n) is 6.81. The lowest BCUT2D eigenvalue weighted by molar-refractivity contribution is 0.0755. The number of nitrogens with two attached hydrogens (primary N) is 1. The van der Waals surface area contributed by atoms with Crippen molar-refractivity contribution in [3.63, 3.8) is 0 Å². The van der Waals surface area contributed by atoms with Gasteiger partial charge in [0.2, 0.25) is 0 Å². The zero-order valence-electron chi connectivity index (χ0n) is 11.8. The molecule has 1 amide bonds. The molecule has 0 aliphatic carbocycles. The van der Waals surface area contributed by atoms with E-state index in [4.69, 9.17) is 5.73 Å². The summed E-state index contributed by atoms with van der Waals surface area (Å²) in [6.45, 7) is 6.13. The molecule has 0 atom stereocenters. The van der Waals surface area contributed by atoms with Gasteiger partial charge in [0.15, 0.2) is 0 Å². The molecule has 0 heterocycles. The van der Waals surface area contributed by atoms with Crippen LogP contribution < -0.4 is 5.73 Å². The Morgan fingerprint density at radius 3 is 2.21 bits per heavy atom. The van der Waals surface area contributed by atoms with E-state index in [0.29, 0.717) is 6.54 Å². The molecule has 19 heavy (non-hydrogen) atoms. The van der Waals surface area contributed by atoms with Crippen LogP contribution in [0.1, 0.15) is 42.6 Å². The molecule has 0 unspecified atom stereocenters. The molecular formula is C16H22N2O. The second-order valence-electron chi connectivity index (χ2n) is 4.38. The Morgan fingerprint density at radius 1 is 1.16 bits per heavy atom. The van der Waals surface area contributed by atoms with Gasteiger partial charge < -0.3 is 10.6 Å². The molecule has 0 aliphatic rings. The predicted octanol–water partition coefficient (Wildman–Crippen LogP) is 2.26. The number of carbonyl (C=O) groups excluding carboxylic acids is 1. The van der Waals surface area contributed by atoms with Gasteiger partial charge in [0.1, 0.15) is 0 Å². The van der Waals surface area contributed by atoms with E-state index in [0.717, 1.165) is 37.1 Å². The predicted molar refractivity (Wildman–Crippen MR) is 78.9 cm³/mol. The van der Waals surface area contributed by atoms with Gasteiger partial charge in [-0.1, -0.05) is 25.7 Å². The Labute approximate surface area is 115 Å². The van der Waals surface area contributed by atoms with Crippen LogP contribution in [0.2, 0.25) is 0 Å². The number of benzene rings is 1. The summed E-state index contributed by atoms with van der Waals surface area (Å²) >= 11 is 0. The van der Waals surface area contributed by atoms with Crippen molar-refractivity contribution in [1.82, 2.24) is 4.90 Å². The van der Waals surface area contributed by atoms with Gasteiger partial charge in [-0.2, -0.15) is 0 Å². The smallest absolute Gasteiger partial charge is 0.253 e. The quantitative estimate of drug-likeness (QED) is 0.823. The highest BCUT2D eigenvalue weighted by Crippen LogP contribution is 2.08. The number of hydrogen-bond acceptors (Lipinski definition) is 2. The Bertz CT molecular complexity index is 448. The summed E-state index contributed by atoms with van der Waals surface area (Å²) in [6.07, 6.45) is 1.96. The second kappa shape index (κ2) is 8.34. The summed E-state index contributed by atoms with van der Waals surface area (Å²) < 4.78 is 0. The summed E-state index contributed by atoms with van der Waals surface area (Å²) in [5.41, 5.74) is 6.94. The van der Waals surface area contributed by atoms with Crippen LogP contribution in [-0.4, -0.2) is 30.4 Å². The minimum Gasteiger partial charge on any atom is -0.339 e. The third-order valence-electron chi connectivity index (χ3n) is 2.74. The SMILES string of the molecule is CCCN(CCC)C(=O)c1ccc(C#CCN)cc1. The fourth-order valence-electron chi connectivity index (χ4n) is 1.89. The van der Waals surface area contributed by atoms with Crippen molar-refractivity contribution in [3.8, 4) is 11.8 Å². The number of hydrogen-bond donors (Lipinski definition) is 1. The van der Waals surface area contributed by atoms with Gasteiger partial charge in [0.25, 0.3) is 5.91 Å². The van der Waals surface area contributed by atoms with Gasteiger partial charge in [-0.25, -0.2) is 0 Å². The topological polar surface area (TPSA) is 46.3 Å². The molecule has 1 aromatic carbocycles. The number of amides is 1. The minimum absolute atomic E-state index is 0.0991. The largest absolute Gasteiger partial charge is 0.339 e. The van der Waals surface area contributed by atoms with Gasteiger partial charge in [0.05, 0.1) is 6.54 Å². The van der Waals surface area contributed by atoms with Crippen LogP contribution in [0.15, 0.2) is 24.3 Å². The lowest BCUT2D eigenvalue weighted by Crippen LogP contribution is -2.32. The van der Waals surface area contributed by atoms with Crippen LogP contribution in [0.3, 0.4) is 0 Å². The van der Waals surface area contributed by atoms with E-state index in [1.165, 1.54) is 0 Å². The fraction of sp³-hybridized carbons (Fsp3) is 0.438. The van der Waals surface area contributed by atoms with Crippen molar-refractivity contribution in [2.75, 3.05) is 19.6 Å². The first-order chi connectivity index (χ1) is 9.22. The van der Waals surface area contributed by atoms with E-state index in [-0.39, 0.29) is 5.91 Å². The van der Waals surface area contributed by atoms with E-state index < -0.39 is 0 Å². The van der Waals surface area contributed by atoms with Crippen LogP contribution in [0.25, 0.3) is 0 Å². The maximum absolute atomic E-state index is 12.3. The van der Waals surface area contributed by atoms with E-state index in [2.05, 4.69) is 25.7 Å². The van der Waals surface area contributed by atoms with E-state index >= 15 is 0 Å². The number of rotatable bonds is 5. The molecule has 0 fully saturated rings. The molecule has 0 aromatic heterocycles. The molecule has 3 nitrogen and oxygen atoms in total. The minimum atomic E-state index is 0.0991. The van der Waals surface area contributed by atoms with Crippen molar-refractivity contribution in [3.05, 3.63) is 35.4 Å². The van der Waals surface area contributed by atoms with Crippen molar-refractivity contribution < 1.29 is 4.79 Å². The summed E-state index contributed by atoms with van der Waals surface area (Å²) in [4.78, 5) is 14.2. The summed E-state index contributed by atoms with van der Waals surface area (Å²) in [5.74, 6) is 5.85. The molecule has 0 bridgehead atoms. The molecule has 0 saturated heterocycles. The van der Waals surface area contributed by atoms with Gasteiger partial charge in [0, 0.05) is 24.2 Å². The molecule has 1 rings (SSSR count). The van der Waals surface area contributed by atoms with Crippen LogP contribution >= 0.6 is 0 Å². The molecule has 0 saturated carbocycles.